The number of ether oxygens (including phenoxy) is 1. The summed E-state index contributed by atoms with van der Waals surface area (Å²) >= 11 is 0. The second-order valence-electron chi connectivity index (χ2n) is 6.78. The van der Waals surface area contributed by atoms with Gasteiger partial charge in [0.15, 0.2) is 6.61 Å². The van der Waals surface area contributed by atoms with Gasteiger partial charge >= 0.3 is 5.97 Å². The Morgan fingerprint density at radius 2 is 1.82 bits per heavy atom. The number of nitro groups is 2. The Morgan fingerprint density at radius 1 is 1.09 bits per heavy atom. The van der Waals surface area contributed by atoms with Gasteiger partial charge in [0, 0.05) is 24.7 Å². The second kappa shape index (κ2) is 9.53. The van der Waals surface area contributed by atoms with Gasteiger partial charge in [-0.15, -0.1) is 0 Å². The first-order valence-electron chi connectivity index (χ1n) is 9.41. The van der Waals surface area contributed by atoms with E-state index in [0.717, 1.165) is 24.3 Å². The topological polar surface area (TPSA) is 203 Å². The molecule has 14 nitrogen and oxygen atoms in total. The highest BCUT2D eigenvalue weighted by Gasteiger charge is 2.40. The molecule has 1 aliphatic heterocycles. The maximum atomic E-state index is 12.5. The van der Waals surface area contributed by atoms with Crippen LogP contribution >= 0.6 is 0 Å². The smallest absolute Gasteiger partial charge is 0.308 e. The normalized spacial score (nSPS) is 12.0. The van der Waals surface area contributed by atoms with Gasteiger partial charge in [0.2, 0.25) is 0 Å². The average Bonchev–Trinajstić information content (AvgIpc) is 3.05. The molecule has 3 amide bonds. The molecule has 0 atom stereocenters. The summed E-state index contributed by atoms with van der Waals surface area (Å²) in [5.74, 6) is -3.49. The quantitative estimate of drug-likeness (QED) is 0.257. The van der Waals surface area contributed by atoms with Gasteiger partial charge in [0.25, 0.3) is 29.1 Å². The van der Waals surface area contributed by atoms with E-state index >= 15 is 0 Å². The maximum Gasteiger partial charge on any atom is 0.308 e. The van der Waals surface area contributed by atoms with Crippen LogP contribution in [-0.2, 0) is 14.3 Å². The molecule has 0 spiro atoms. The molecule has 172 valence electrons. The first kappa shape index (κ1) is 23.5. The van der Waals surface area contributed by atoms with Crippen LogP contribution < -0.4 is 5.32 Å². The number of imide groups is 1. The van der Waals surface area contributed by atoms with Crippen molar-refractivity contribution in [2.45, 2.75) is 6.42 Å². The fraction of sp³-hybridized carbons (Fsp3) is 0.150. The lowest BCUT2D eigenvalue weighted by Crippen LogP contribution is -2.32. The molecule has 0 saturated heterocycles. The summed E-state index contributed by atoms with van der Waals surface area (Å²) in [5.41, 5.74) is -1.58. The standard InChI is InChI=1S/C20H13N5O9/c21-9-11-8-12(24(30)31)4-5-14(11)22-16(26)10-34-17(27)6-7-23-19(28)13-2-1-3-15(25(32)33)18(13)20(23)29/h1-5,8H,6-7,10H2,(H,22,26). The average molecular weight is 467 g/mol. The largest absolute Gasteiger partial charge is 0.456 e. The zero-order valence-electron chi connectivity index (χ0n) is 17.0. The number of hydrogen-bond acceptors (Lipinski definition) is 10. The van der Waals surface area contributed by atoms with E-state index in [9.17, 15) is 39.4 Å². The molecule has 0 unspecified atom stereocenters. The lowest BCUT2D eigenvalue weighted by molar-refractivity contribution is -0.385. The van der Waals surface area contributed by atoms with Crippen molar-refractivity contribution in [3.63, 3.8) is 0 Å². The molecule has 1 heterocycles. The Balaban J connectivity index is 1.55. The Hall–Kier alpha value is -5.19. The summed E-state index contributed by atoms with van der Waals surface area (Å²) in [6.45, 7) is -1.20. The highest BCUT2D eigenvalue weighted by molar-refractivity contribution is 6.23. The minimum atomic E-state index is -0.939. The van der Waals surface area contributed by atoms with Crippen molar-refractivity contribution in [1.82, 2.24) is 4.90 Å². The third-order valence-corrected chi connectivity index (χ3v) is 4.69. The van der Waals surface area contributed by atoms with Crippen LogP contribution in [0.4, 0.5) is 17.1 Å². The molecule has 0 fully saturated rings. The van der Waals surface area contributed by atoms with Crippen LogP contribution in [-0.4, -0.2) is 51.6 Å². The van der Waals surface area contributed by atoms with Gasteiger partial charge in [-0.25, -0.2) is 0 Å². The van der Waals surface area contributed by atoms with Gasteiger partial charge in [-0.2, -0.15) is 5.26 Å². The fourth-order valence-electron chi connectivity index (χ4n) is 3.13. The molecule has 2 aromatic rings. The number of nitro benzene ring substituents is 2. The van der Waals surface area contributed by atoms with Gasteiger partial charge in [-0.1, -0.05) is 6.07 Å². The van der Waals surface area contributed by atoms with Crippen LogP contribution in [0.15, 0.2) is 36.4 Å². The first-order chi connectivity index (χ1) is 16.1. The number of nitrogens with zero attached hydrogens (tertiary/aromatic N) is 4. The van der Waals surface area contributed by atoms with E-state index in [1.54, 1.807) is 6.07 Å². The van der Waals surface area contributed by atoms with Gasteiger partial charge in [-0.3, -0.25) is 44.3 Å². The molecule has 3 rings (SSSR count). The monoisotopic (exact) mass is 467 g/mol. The number of carbonyl (C=O) groups is 4. The molecule has 0 aliphatic carbocycles. The van der Waals surface area contributed by atoms with E-state index in [2.05, 4.69) is 5.32 Å². The van der Waals surface area contributed by atoms with E-state index in [-0.39, 0.29) is 28.1 Å². The molecule has 14 heteroatoms. The van der Waals surface area contributed by atoms with Crippen LogP contribution in [0.2, 0.25) is 0 Å². The summed E-state index contributed by atoms with van der Waals surface area (Å²) in [6, 6.07) is 8.51. The van der Waals surface area contributed by atoms with Crippen molar-refractivity contribution < 1.29 is 33.8 Å². The highest BCUT2D eigenvalue weighted by Crippen LogP contribution is 2.30. The Bertz CT molecular complexity index is 1300. The zero-order valence-corrected chi connectivity index (χ0v) is 17.0. The number of amides is 3. The number of non-ortho nitro benzene ring substituents is 1. The number of anilines is 1. The predicted octanol–water partition coefficient (Wildman–Crippen LogP) is 1.54. The lowest BCUT2D eigenvalue weighted by Gasteiger charge is -2.13. The molecule has 1 aliphatic rings. The highest BCUT2D eigenvalue weighted by atomic mass is 16.6. The third-order valence-electron chi connectivity index (χ3n) is 4.69. The van der Waals surface area contributed by atoms with Gasteiger partial charge in [0.1, 0.15) is 11.6 Å². The van der Waals surface area contributed by atoms with Crippen LogP contribution in [0.1, 0.15) is 32.7 Å². The Morgan fingerprint density at radius 3 is 2.47 bits per heavy atom. The third kappa shape index (κ3) is 4.67. The number of carbonyl (C=O) groups excluding carboxylic acids is 4. The Labute approximate surface area is 189 Å². The molecular weight excluding hydrogens is 454 g/mol. The van der Waals surface area contributed by atoms with Gasteiger partial charge < -0.3 is 10.1 Å². The Kier molecular flexibility index (Phi) is 6.58. The number of esters is 1. The fourth-order valence-corrected chi connectivity index (χ4v) is 3.13. The van der Waals surface area contributed by atoms with Crippen molar-refractivity contribution in [3.05, 3.63) is 73.3 Å². The zero-order chi connectivity index (χ0) is 25.0. The first-order valence-corrected chi connectivity index (χ1v) is 9.41. The molecule has 2 aromatic carbocycles. The molecule has 34 heavy (non-hydrogen) atoms. The van der Waals surface area contributed by atoms with Crippen molar-refractivity contribution >= 4 is 40.8 Å². The van der Waals surface area contributed by atoms with Gasteiger partial charge in [-0.05, 0) is 12.1 Å². The molecular formula is C20H13N5O9. The number of nitriles is 1. The summed E-state index contributed by atoms with van der Waals surface area (Å²) < 4.78 is 4.78. The van der Waals surface area contributed by atoms with Crippen LogP contribution in [0.25, 0.3) is 0 Å². The summed E-state index contributed by atoms with van der Waals surface area (Å²) in [6.07, 6.45) is -0.479. The van der Waals surface area contributed by atoms with E-state index < -0.39 is 58.8 Å². The van der Waals surface area contributed by atoms with E-state index in [0.29, 0.717) is 4.90 Å². The number of fused-ring (bicyclic) bond motifs is 1. The molecule has 0 radical (unpaired) electrons. The van der Waals surface area contributed by atoms with Crippen molar-refractivity contribution in [2.24, 2.45) is 0 Å². The maximum absolute atomic E-state index is 12.5. The SMILES string of the molecule is N#Cc1cc([N+](=O)[O-])ccc1NC(=O)COC(=O)CCN1C(=O)c2cccc([N+](=O)[O-])c2C1=O. The van der Waals surface area contributed by atoms with E-state index in [1.807, 2.05) is 0 Å². The minimum Gasteiger partial charge on any atom is -0.456 e. The van der Waals surface area contributed by atoms with Crippen molar-refractivity contribution in [1.29, 1.82) is 5.26 Å². The number of benzene rings is 2. The van der Waals surface area contributed by atoms with Crippen LogP contribution in [0, 0.1) is 31.6 Å². The molecule has 0 saturated carbocycles. The van der Waals surface area contributed by atoms with Gasteiger partial charge in [0.05, 0.1) is 33.1 Å². The molecule has 0 bridgehead atoms. The summed E-state index contributed by atoms with van der Waals surface area (Å²) in [5, 5.41) is 33.2. The number of rotatable bonds is 8. The van der Waals surface area contributed by atoms with Crippen molar-refractivity contribution in [2.75, 3.05) is 18.5 Å². The van der Waals surface area contributed by atoms with E-state index in [4.69, 9.17) is 10.00 Å². The number of nitrogens with one attached hydrogen (secondary N) is 1. The lowest BCUT2D eigenvalue weighted by atomic mass is 10.1. The summed E-state index contributed by atoms with van der Waals surface area (Å²) in [7, 11) is 0. The van der Waals surface area contributed by atoms with Crippen molar-refractivity contribution in [3.8, 4) is 6.07 Å². The van der Waals surface area contributed by atoms with Crippen LogP contribution in [0.3, 0.4) is 0 Å². The minimum absolute atomic E-state index is 0.0261. The predicted molar refractivity (Wildman–Crippen MR) is 110 cm³/mol. The molecule has 1 N–H and O–H groups in total. The second-order valence-corrected chi connectivity index (χ2v) is 6.78. The van der Waals surface area contributed by atoms with Crippen LogP contribution in [0.5, 0.6) is 0 Å². The number of hydrogen-bond donors (Lipinski definition) is 1. The van der Waals surface area contributed by atoms with E-state index in [1.165, 1.54) is 12.1 Å². The molecule has 0 aromatic heterocycles. The summed E-state index contributed by atoms with van der Waals surface area (Å²) in [4.78, 5) is 69.9.